The first-order valence-corrected chi connectivity index (χ1v) is 6.33. The van der Waals surface area contributed by atoms with Crippen molar-refractivity contribution in [2.24, 2.45) is 0 Å². The molecule has 2 rings (SSSR count). The first-order chi connectivity index (χ1) is 6.83. The second kappa shape index (κ2) is 4.45. The zero-order valence-corrected chi connectivity index (χ0v) is 10.1. The van der Waals surface area contributed by atoms with Gasteiger partial charge in [-0.2, -0.15) is 0 Å². The van der Waals surface area contributed by atoms with Crippen LogP contribution in [-0.4, -0.2) is 22.8 Å². The van der Waals surface area contributed by atoms with Gasteiger partial charge in [-0.05, 0) is 17.5 Å². The molecule has 2 unspecified atom stereocenters. The van der Waals surface area contributed by atoms with E-state index in [2.05, 4.69) is 52.0 Å². The highest BCUT2D eigenvalue weighted by Crippen LogP contribution is 2.22. The molecule has 0 aromatic heterocycles. The Labute approximate surface area is 94.2 Å². The Kier molecular flexibility index (Phi) is 3.24. The zero-order valence-electron chi connectivity index (χ0n) is 8.54. The average Bonchev–Trinajstić information content (AvgIpc) is 2.98. The monoisotopic (exact) mass is 253 g/mol. The van der Waals surface area contributed by atoms with E-state index in [-0.39, 0.29) is 0 Å². The molecule has 1 fully saturated rings. The highest BCUT2D eigenvalue weighted by atomic mass is 79.9. The number of rotatable bonds is 4. The Morgan fingerprint density at radius 3 is 2.43 bits per heavy atom. The van der Waals surface area contributed by atoms with Crippen LogP contribution in [0.5, 0.6) is 0 Å². The molecule has 1 nitrogen and oxygen atoms in total. The lowest BCUT2D eigenvalue weighted by Gasteiger charge is -2.03. The van der Waals surface area contributed by atoms with E-state index in [0.717, 1.165) is 24.3 Å². The van der Waals surface area contributed by atoms with Gasteiger partial charge in [0.2, 0.25) is 0 Å². The molecule has 1 aliphatic heterocycles. The second-order valence-corrected chi connectivity index (χ2v) is 4.56. The van der Waals surface area contributed by atoms with E-state index in [9.17, 15) is 0 Å². The molecule has 1 aromatic rings. The molecular formula is C12H16BrN. The first-order valence-electron chi connectivity index (χ1n) is 5.21. The molecule has 0 N–H and O–H groups in total. The molecule has 0 amide bonds. The van der Waals surface area contributed by atoms with Gasteiger partial charge in [0.1, 0.15) is 0 Å². The summed E-state index contributed by atoms with van der Waals surface area (Å²) in [5, 5.41) is 1.11. The minimum atomic E-state index is 0.779. The molecule has 0 bridgehead atoms. The Morgan fingerprint density at radius 2 is 1.93 bits per heavy atom. The standard InChI is InChI=1S/C12H16BrN/c1-2-10-3-5-11(6-4-10)8-14-9-12(14)7-13/h3-6,12H,2,7-9H2,1H3. The summed E-state index contributed by atoms with van der Waals surface area (Å²) in [6.45, 7) is 4.56. The maximum Gasteiger partial charge on any atom is 0.0324 e. The van der Waals surface area contributed by atoms with Gasteiger partial charge in [0.25, 0.3) is 0 Å². The highest BCUT2D eigenvalue weighted by Gasteiger charge is 2.31. The summed E-state index contributed by atoms with van der Waals surface area (Å²) in [4.78, 5) is 2.48. The van der Waals surface area contributed by atoms with E-state index in [1.54, 1.807) is 0 Å². The quantitative estimate of drug-likeness (QED) is 0.589. The maximum atomic E-state index is 3.51. The van der Waals surface area contributed by atoms with Crippen molar-refractivity contribution in [2.75, 3.05) is 11.9 Å². The van der Waals surface area contributed by atoms with E-state index in [4.69, 9.17) is 0 Å². The molecule has 1 saturated heterocycles. The van der Waals surface area contributed by atoms with Crippen molar-refractivity contribution < 1.29 is 0 Å². The molecule has 2 heteroatoms. The smallest absolute Gasteiger partial charge is 0.0324 e. The Morgan fingerprint density at radius 1 is 1.29 bits per heavy atom. The van der Waals surface area contributed by atoms with Crippen LogP contribution in [0.25, 0.3) is 0 Å². The highest BCUT2D eigenvalue weighted by molar-refractivity contribution is 9.09. The third kappa shape index (κ3) is 2.37. The van der Waals surface area contributed by atoms with Gasteiger partial charge in [0, 0.05) is 24.5 Å². The van der Waals surface area contributed by atoms with E-state index >= 15 is 0 Å². The number of hydrogen-bond acceptors (Lipinski definition) is 1. The van der Waals surface area contributed by atoms with Gasteiger partial charge in [0.15, 0.2) is 0 Å². The lowest BCUT2D eigenvalue weighted by molar-refractivity contribution is 0.518. The van der Waals surface area contributed by atoms with E-state index in [1.807, 2.05) is 0 Å². The van der Waals surface area contributed by atoms with Crippen LogP contribution in [0.4, 0.5) is 0 Å². The first kappa shape index (κ1) is 10.2. The summed E-state index contributed by atoms with van der Waals surface area (Å²) in [7, 11) is 0. The molecule has 1 aromatic carbocycles. The van der Waals surface area contributed by atoms with Crippen LogP contribution >= 0.6 is 15.9 Å². The molecule has 76 valence electrons. The fourth-order valence-corrected chi connectivity index (χ4v) is 2.29. The van der Waals surface area contributed by atoms with Crippen molar-refractivity contribution in [3.05, 3.63) is 35.4 Å². The van der Waals surface area contributed by atoms with E-state index < -0.39 is 0 Å². The van der Waals surface area contributed by atoms with Crippen LogP contribution in [0.3, 0.4) is 0 Å². The predicted molar refractivity (Wildman–Crippen MR) is 63.8 cm³/mol. The zero-order chi connectivity index (χ0) is 9.97. The molecule has 1 heterocycles. The third-order valence-corrected chi connectivity index (χ3v) is 3.57. The van der Waals surface area contributed by atoms with Crippen molar-refractivity contribution >= 4 is 15.9 Å². The van der Waals surface area contributed by atoms with Gasteiger partial charge >= 0.3 is 0 Å². The SMILES string of the molecule is CCc1ccc(CN2CC2CBr)cc1. The van der Waals surface area contributed by atoms with Crippen molar-refractivity contribution in [3.8, 4) is 0 Å². The number of aryl methyl sites for hydroxylation is 1. The summed E-state index contributed by atoms with van der Waals surface area (Å²) in [6.07, 6.45) is 1.13. The molecular weight excluding hydrogens is 238 g/mol. The molecule has 14 heavy (non-hydrogen) atoms. The van der Waals surface area contributed by atoms with Gasteiger partial charge in [0.05, 0.1) is 0 Å². The lowest BCUT2D eigenvalue weighted by atomic mass is 10.1. The molecule has 0 spiro atoms. The number of hydrogen-bond donors (Lipinski definition) is 0. The normalized spacial score (nSPS) is 25.0. The topological polar surface area (TPSA) is 3.01 Å². The van der Waals surface area contributed by atoms with Crippen LogP contribution in [0.2, 0.25) is 0 Å². The van der Waals surface area contributed by atoms with Gasteiger partial charge in [-0.25, -0.2) is 0 Å². The average molecular weight is 254 g/mol. The van der Waals surface area contributed by atoms with Gasteiger partial charge in [-0.3, -0.25) is 4.90 Å². The van der Waals surface area contributed by atoms with Gasteiger partial charge in [-0.15, -0.1) is 0 Å². The second-order valence-electron chi connectivity index (χ2n) is 3.91. The van der Waals surface area contributed by atoms with Crippen LogP contribution in [0, 0.1) is 0 Å². The fourth-order valence-electron chi connectivity index (χ4n) is 1.68. The number of halogens is 1. The molecule has 2 atom stereocenters. The molecule has 0 radical (unpaired) electrons. The number of benzene rings is 1. The van der Waals surface area contributed by atoms with Crippen molar-refractivity contribution in [1.82, 2.24) is 4.90 Å². The van der Waals surface area contributed by atoms with Crippen LogP contribution in [0.1, 0.15) is 18.1 Å². The largest absolute Gasteiger partial charge is 0.292 e. The summed E-state index contributed by atoms with van der Waals surface area (Å²) in [5.74, 6) is 0. The van der Waals surface area contributed by atoms with E-state index in [1.165, 1.54) is 17.7 Å². The summed E-state index contributed by atoms with van der Waals surface area (Å²) in [6, 6.07) is 9.76. The lowest BCUT2D eigenvalue weighted by Crippen LogP contribution is -2.02. The summed E-state index contributed by atoms with van der Waals surface area (Å²) >= 11 is 3.51. The van der Waals surface area contributed by atoms with Crippen LogP contribution in [-0.2, 0) is 13.0 Å². The van der Waals surface area contributed by atoms with Crippen LogP contribution in [0.15, 0.2) is 24.3 Å². The van der Waals surface area contributed by atoms with Crippen LogP contribution < -0.4 is 0 Å². The molecule has 0 aliphatic carbocycles. The molecule has 1 aliphatic rings. The Balaban J connectivity index is 1.91. The predicted octanol–water partition coefficient (Wildman–Crippen LogP) is 2.83. The van der Waals surface area contributed by atoms with Gasteiger partial charge in [-0.1, -0.05) is 47.1 Å². The van der Waals surface area contributed by atoms with Gasteiger partial charge < -0.3 is 0 Å². The number of nitrogens with zero attached hydrogens (tertiary/aromatic N) is 1. The Hall–Kier alpha value is -0.340. The van der Waals surface area contributed by atoms with Crippen molar-refractivity contribution in [3.63, 3.8) is 0 Å². The summed E-state index contributed by atoms with van der Waals surface area (Å²) in [5.41, 5.74) is 2.86. The fraction of sp³-hybridized carbons (Fsp3) is 0.500. The minimum absolute atomic E-state index is 0.779. The van der Waals surface area contributed by atoms with E-state index in [0.29, 0.717) is 0 Å². The van der Waals surface area contributed by atoms with Crippen molar-refractivity contribution in [2.45, 2.75) is 25.9 Å². The Bertz CT molecular complexity index is 294. The maximum absolute atomic E-state index is 3.51. The third-order valence-electron chi connectivity index (χ3n) is 2.82. The summed E-state index contributed by atoms with van der Waals surface area (Å²) < 4.78 is 0. The number of alkyl halides is 1. The minimum Gasteiger partial charge on any atom is -0.292 e. The van der Waals surface area contributed by atoms with Crippen molar-refractivity contribution in [1.29, 1.82) is 0 Å². The molecule has 0 saturated carbocycles.